The molecular weight excluding hydrogens is 523 g/mol. The first-order valence-corrected chi connectivity index (χ1v) is 12.8. The number of halogens is 5. The summed E-state index contributed by atoms with van der Waals surface area (Å²) in [6.07, 6.45) is -5.85. The lowest BCUT2D eigenvalue weighted by Gasteiger charge is -2.30. The predicted octanol–water partition coefficient (Wildman–Crippen LogP) is 5.38. The number of hydrogen-bond acceptors (Lipinski definition) is 5. The highest BCUT2D eigenvalue weighted by Crippen LogP contribution is 2.46. The minimum absolute atomic E-state index is 0.184. The molecule has 0 saturated carbocycles. The number of aliphatic carboxylic acids is 1. The molecule has 2 aromatic rings. The highest BCUT2D eigenvalue weighted by molar-refractivity contribution is 7.89. The van der Waals surface area contributed by atoms with Crippen molar-refractivity contribution in [2.75, 3.05) is 25.1 Å². The number of ether oxygens (including phenoxy) is 1. The van der Waals surface area contributed by atoms with Crippen molar-refractivity contribution >= 4 is 27.4 Å². The maximum absolute atomic E-state index is 14.1. The SMILES string of the molecule is C[C@@H](COc1cc2c(cc1C(F)(F)F)N(c1ccccc1)C[C@@H](CCC(C)(F)F)N(C)S2(=O)=O)C(=O)O. The Morgan fingerprint density at radius 2 is 1.78 bits per heavy atom. The highest BCUT2D eigenvalue weighted by atomic mass is 32.2. The minimum Gasteiger partial charge on any atom is -0.492 e. The van der Waals surface area contributed by atoms with Crippen molar-refractivity contribution in [1.82, 2.24) is 4.31 Å². The predicted molar refractivity (Wildman–Crippen MR) is 126 cm³/mol. The van der Waals surface area contributed by atoms with Crippen LogP contribution in [-0.2, 0) is 21.0 Å². The van der Waals surface area contributed by atoms with Crippen LogP contribution in [0.1, 0.15) is 32.3 Å². The van der Waals surface area contributed by atoms with Gasteiger partial charge in [-0.05, 0) is 38.5 Å². The number of anilines is 2. The van der Waals surface area contributed by atoms with Crippen LogP contribution in [0.2, 0.25) is 0 Å². The Balaban J connectivity index is 2.23. The summed E-state index contributed by atoms with van der Waals surface area (Å²) in [7, 11) is -3.28. The number of carboxylic acid groups (broad SMARTS) is 1. The normalized spacial score (nSPS) is 19.1. The number of rotatable bonds is 8. The summed E-state index contributed by atoms with van der Waals surface area (Å²) in [5.41, 5.74) is -1.22. The molecular formula is C24H27F5N2O5S. The summed E-state index contributed by atoms with van der Waals surface area (Å²) in [4.78, 5) is 12.0. The minimum atomic E-state index is -4.97. The second kappa shape index (κ2) is 10.4. The summed E-state index contributed by atoms with van der Waals surface area (Å²) in [6, 6.07) is 8.41. The monoisotopic (exact) mass is 550 g/mol. The Morgan fingerprint density at radius 3 is 2.32 bits per heavy atom. The maximum Gasteiger partial charge on any atom is 0.420 e. The number of benzene rings is 2. The van der Waals surface area contributed by atoms with E-state index in [0.29, 0.717) is 18.7 Å². The molecule has 204 valence electrons. The average Bonchev–Trinajstić information content (AvgIpc) is 2.88. The molecule has 2 aromatic carbocycles. The van der Waals surface area contributed by atoms with E-state index < -0.39 is 69.3 Å². The summed E-state index contributed by atoms with van der Waals surface area (Å²) in [6.45, 7) is 1.12. The summed E-state index contributed by atoms with van der Waals surface area (Å²) >= 11 is 0. The van der Waals surface area contributed by atoms with E-state index in [1.807, 2.05) is 0 Å². The number of hydrogen-bond donors (Lipinski definition) is 1. The first-order chi connectivity index (χ1) is 17.0. The molecule has 0 aliphatic carbocycles. The van der Waals surface area contributed by atoms with Crippen LogP contribution in [-0.4, -0.2) is 56.0 Å². The number of likely N-dealkylation sites (N-methyl/N-ethyl adjacent to an activating group) is 1. The third-order valence-corrected chi connectivity index (χ3v) is 8.06. The van der Waals surface area contributed by atoms with Crippen LogP contribution in [0.5, 0.6) is 5.75 Å². The van der Waals surface area contributed by atoms with Crippen molar-refractivity contribution in [1.29, 1.82) is 0 Å². The van der Waals surface area contributed by atoms with Crippen LogP contribution in [0.3, 0.4) is 0 Å². The van der Waals surface area contributed by atoms with Crippen LogP contribution >= 0.6 is 0 Å². The number of para-hydroxylation sites is 1. The van der Waals surface area contributed by atoms with E-state index >= 15 is 0 Å². The fraction of sp³-hybridized carbons (Fsp3) is 0.458. The molecule has 0 unspecified atom stereocenters. The zero-order chi connectivity index (χ0) is 27.8. The van der Waals surface area contributed by atoms with Gasteiger partial charge in [-0.2, -0.15) is 17.5 Å². The van der Waals surface area contributed by atoms with Crippen molar-refractivity contribution in [2.45, 2.75) is 49.7 Å². The fourth-order valence-electron chi connectivity index (χ4n) is 3.92. The largest absolute Gasteiger partial charge is 0.492 e. The van der Waals surface area contributed by atoms with Crippen molar-refractivity contribution in [3.63, 3.8) is 0 Å². The maximum atomic E-state index is 14.1. The van der Waals surface area contributed by atoms with E-state index in [9.17, 15) is 35.2 Å². The molecule has 13 heteroatoms. The number of nitrogens with zero attached hydrogens (tertiary/aromatic N) is 2. The third-order valence-electron chi connectivity index (χ3n) is 6.12. The molecule has 1 N–H and O–H groups in total. The number of carboxylic acids is 1. The van der Waals surface area contributed by atoms with Crippen LogP contribution in [0, 0.1) is 5.92 Å². The van der Waals surface area contributed by atoms with Gasteiger partial charge >= 0.3 is 12.1 Å². The summed E-state index contributed by atoms with van der Waals surface area (Å²) < 4.78 is 103. The van der Waals surface area contributed by atoms with Gasteiger partial charge in [0.2, 0.25) is 15.9 Å². The summed E-state index contributed by atoms with van der Waals surface area (Å²) in [5.74, 6) is -6.39. The van der Waals surface area contributed by atoms with E-state index in [1.54, 1.807) is 30.3 Å². The first-order valence-electron chi connectivity index (χ1n) is 11.3. The topological polar surface area (TPSA) is 87.2 Å². The summed E-state index contributed by atoms with van der Waals surface area (Å²) in [5, 5.41) is 9.07. The Bertz CT molecular complexity index is 1230. The van der Waals surface area contributed by atoms with E-state index in [1.165, 1.54) is 18.9 Å². The van der Waals surface area contributed by atoms with Crippen LogP contribution in [0.15, 0.2) is 47.4 Å². The molecule has 2 atom stereocenters. The number of sulfonamides is 1. The zero-order valence-corrected chi connectivity index (χ0v) is 21.1. The second-order valence-electron chi connectivity index (χ2n) is 9.09. The number of alkyl halides is 5. The molecule has 0 radical (unpaired) electrons. The molecule has 37 heavy (non-hydrogen) atoms. The molecule has 1 aliphatic rings. The van der Waals surface area contributed by atoms with Gasteiger partial charge in [-0.3, -0.25) is 4.79 Å². The van der Waals surface area contributed by atoms with E-state index in [2.05, 4.69) is 0 Å². The van der Waals surface area contributed by atoms with Gasteiger partial charge in [0, 0.05) is 37.8 Å². The third kappa shape index (κ3) is 6.50. The van der Waals surface area contributed by atoms with Crippen molar-refractivity contribution in [2.24, 2.45) is 5.92 Å². The Kier molecular flexibility index (Phi) is 8.08. The average molecular weight is 551 g/mol. The van der Waals surface area contributed by atoms with Gasteiger partial charge in [-0.25, -0.2) is 17.2 Å². The second-order valence-corrected chi connectivity index (χ2v) is 11.1. The van der Waals surface area contributed by atoms with Gasteiger partial charge in [-0.1, -0.05) is 18.2 Å². The highest BCUT2D eigenvalue weighted by Gasteiger charge is 2.42. The van der Waals surface area contributed by atoms with Crippen molar-refractivity contribution < 1.29 is 45.0 Å². The van der Waals surface area contributed by atoms with Crippen molar-refractivity contribution in [3.8, 4) is 5.75 Å². The van der Waals surface area contributed by atoms with E-state index in [0.717, 1.165) is 10.4 Å². The van der Waals surface area contributed by atoms with Crippen LogP contribution in [0.4, 0.5) is 33.3 Å². The number of carbonyl (C=O) groups is 1. The molecule has 0 bridgehead atoms. The molecule has 0 spiro atoms. The molecule has 0 saturated heterocycles. The fourth-order valence-corrected chi connectivity index (χ4v) is 5.48. The van der Waals surface area contributed by atoms with Gasteiger partial charge in [0.1, 0.15) is 17.3 Å². The Labute approximate surface area is 211 Å². The lowest BCUT2D eigenvalue weighted by Crippen LogP contribution is -2.41. The smallest absolute Gasteiger partial charge is 0.420 e. The van der Waals surface area contributed by atoms with Gasteiger partial charge in [0.05, 0.1) is 17.2 Å². The van der Waals surface area contributed by atoms with Gasteiger partial charge < -0.3 is 14.7 Å². The molecule has 1 heterocycles. The van der Waals surface area contributed by atoms with Crippen molar-refractivity contribution in [3.05, 3.63) is 48.0 Å². The van der Waals surface area contributed by atoms with Crippen LogP contribution in [0.25, 0.3) is 0 Å². The van der Waals surface area contributed by atoms with Gasteiger partial charge in [0.25, 0.3) is 0 Å². The van der Waals surface area contributed by atoms with E-state index in [4.69, 9.17) is 9.84 Å². The Hall–Kier alpha value is -2.93. The van der Waals surface area contributed by atoms with Gasteiger partial charge in [-0.15, -0.1) is 0 Å². The molecule has 3 rings (SSSR count). The molecule has 0 fully saturated rings. The Morgan fingerprint density at radius 1 is 1.16 bits per heavy atom. The molecule has 7 nitrogen and oxygen atoms in total. The zero-order valence-electron chi connectivity index (χ0n) is 20.3. The lowest BCUT2D eigenvalue weighted by atomic mass is 10.1. The standard InChI is InChI=1S/C24H27F5N2O5S/c1-15(22(32)33)14-36-20-12-21-19(11-18(20)24(27,28)29)31(16-7-5-4-6-8-16)13-17(9-10-23(2,25)26)30(3)37(21,34)35/h4-8,11-12,15,17H,9-10,13-14H2,1-3H3,(H,32,33)/t15-,17+/m0/s1. The molecule has 0 aromatic heterocycles. The van der Waals surface area contributed by atoms with E-state index in [-0.39, 0.29) is 18.7 Å². The molecule has 1 aliphatic heterocycles. The quantitative estimate of drug-likeness (QED) is 0.444. The van der Waals surface area contributed by atoms with Gasteiger partial charge in [0.15, 0.2) is 0 Å². The lowest BCUT2D eigenvalue weighted by molar-refractivity contribution is -0.142. The molecule has 0 amide bonds. The first kappa shape index (κ1) is 28.6. The van der Waals surface area contributed by atoms with Crippen LogP contribution < -0.4 is 9.64 Å². The number of fused-ring (bicyclic) bond motifs is 1.